The molecule has 1 heterocycles. The van der Waals surface area contributed by atoms with E-state index in [2.05, 4.69) is 4.99 Å². The first-order chi connectivity index (χ1) is 17.4. The molecular formula is C27H23ClN2O5S. The first-order valence-electron chi connectivity index (χ1n) is 11.1. The summed E-state index contributed by atoms with van der Waals surface area (Å²) in [6, 6.07) is 19.1. The van der Waals surface area contributed by atoms with Crippen molar-refractivity contribution in [1.82, 2.24) is 4.90 Å². The van der Waals surface area contributed by atoms with Crippen molar-refractivity contribution in [2.45, 2.75) is 13.5 Å². The van der Waals surface area contributed by atoms with Gasteiger partial charge in [0.2, 0.25) is 0 Å². The minimum Gasteiger partial charge on any atom is -0.493 e. The van der Waals surface area contributed by atoms with Crippen molar-refractivity contribution in [1.29, 1.82) is 0 Å². The summed E-state index contributed by atoms with van der Waals surface area (Å²) in [5.41, 5.74) is 2.38. The van der Waals surface area contributed by atoms with Gasteiger partial charge in [0.15, 0.2) is 16.7 Å². The van der Waals surface area contributed by atoms with Crippen LogP contribution in [0.4, 0.5) is 5.69 Å². The van der Waals surface area contributed by atoms with Crippen molar-refractivity contribution < 1.29 is 24.2 Å². The lowest BCUT2D eigenvalue weighted by molar-refractivity contribution is -0.122. The third-order valence-electron chi connectivity index (χ3n) is 5.37. The number of benzene rings is 3. The molecule has 3 aromatic rings. The number of carbonyl (C=O) groups is 2. The first kappa shape index (κ1) is 25.3. The van der Waals surface area contributed by atoms with Crippen LogP contribution in [0.2, 0.25) is 5.02 Å². The molecule has 0 atom stereocenters. The molecule has 0 saturated carbocycles. The minimum absolute atomic E-state index is 0.151. The van der Waals surface area contributed by atoms with E-state index in [1.807, 2.05) is 37.3 Å². The highest BCUT2D eigenvalue weighted by Crippen LogP contribution is 2.36. The zero-order chi connectivity index (χ0) is 25.7. The van der Waals surface area contributed by atoms with Crippen LogP contribution in [0.15, 0.2) is 76.6 Å². The van der Waals surface area contributed by atoms with Crippen LogP contribution in [-0.2, 0) is 11.4 Å². The van der Waals surface area contributed by atoms with E-state index in [-0.39, 0.29) is 11.5 Å². The number of likely N-dealkylation sites (N-methyl/N-ethyl adjacent to an activating group) is 1. The predicted molar refractivity (Wildman–Crippen MR) is 142 cm³/mol. The molecule has 1 N–H and O–H groups in total. The van der Waals surface area contributed by atoms with Crippen molar-refractivity contribution in [3.05, 3.63) is 93.3 Å². The van der Waals surface area contributed by atoms with Crippen LogP contribution in [0.3, 0.4) is 0 Å². The third kappa shape index (κ3) is 5.72. The number of amidine groups is 1. The number of halogens is 1. The second-order valence-electron chi connectivity index (χ2n) is 7.70. The van der Waals surface area contributed by atoms with Crippen molar-refractivity contribution in [2.24, 2.45) is 4.99 Å². The smallest absolute Gasteiger partial charge is 0.335 e. The van der Waals surface area contributed by atoms with Gasteiger partial charge in [0.1, 0.15) is 6.61 Å². The summed E-state index contributed by atoms with van der Waals surface area (Å²) in [5.74, 6) is -0.0593. The number of amides is 1. The zero-order valence-corrected chi connectivity index (χ0v) is 21.2. The number of aromatic carboxylic acids is 1. The molecule has 0 aromatic heterocycles. The van der Waals surface area contributed by atoms with Crippen molar-refractivity contribution in [3.8, 4) is 11.5 Å². The maximum absolute atomic E-state index is 13.0. The molecule has 1 amide bonds. The molecule has 1 aliphatic rings. The topological polar surface area (TPSA) is 88.4 Å². The van der Waals surface area contributed by atoms with E-state index in [4.69, 9.17) is 26.2 Å². The van der Waals surface area contributed by atoms with E-state index in [1.54, 1.807) is 42.4 Å². The quantitative estimate of drug-likeness (QED) is 0.352. The first-order valence-corrected chi connectivity index (χ1v) is 12.3. The Morgan fingerprint density at radius 3 is 2.53 bits per heavy atom. The maximum atomic E-state index is 13.0. The standard InChI is InChI=1S/C27H23ClN2O5S/c1-3-30-25(31)24(36-27(30)29-20-11-9-18(10-12-20)26(32)33)15-17-8-13-22(23(14-17)34-2)35-16-19-6-4-5-7-21(19)28/h4-15H,3,16H2,1-2H3,(H,32,33). The van der Waals surface area contributed by atoms with Crippen molar-refractivity contribution >= 4 is 52.2 Å². The van der Waals surface area contributed by atoms with Crippen LogP contribution < -0.4 is 9.47 Å². The Morgan fingerprint density at radius 2 is 1.86 bits per heavy atom. The van der Waals surface area contributed by atoms with Gasteiger partial charge in [-0.1, -0.05) is 35.9 Å². The van der Waals surface area contributed by atoms with E-state index in [0.29, 0.717) is 45.4 Å². The van der Waals surface area contributed by atoms with E-state index < -0.39 is 5.97 Å². The Kier molecular flexibility index (Phi) is 7.97. The molecule has 3 aromatic carbocycles. The fourth-order valence-corrected chi connectivity index (χ4v) is 4.73. The summed E-state index contributed by atoms with van der Waals surface area (Å²) >= 11 is 7.48. The lowest BCUT2D eigenvalue weighted by Gasteiger charge is -2.12. The molecule has 1 fully saturated rings. The lowest BCUT2D eigenvalue weighted by Crippen LogP contribution is -2.28. The van der Waals surface area contributed by atoms with E-state index in [0.717, 1.165) is 11.1 Å². The predicted octanol–water partition coefficient (Wildman–Crippen LogP) is 6.25. The fraction of sp³-hybridized carbons (Fsp3) is 0.148. The molecule has 184 valence electrons. The van der Waals surface area contributed by atoms with Gasteiger partial charge >= 0.3 is 5.97 Å². The summed E-state index contributed by atoms with van der Waals surface area (Å²) in [6.45, 7) is 2.62. The highest BCUT2D eigenvalue weighted by Gasteiger charge is 2.32. The molecule has 0 spiro atoms. The summed E-state index contributed by atoms with van der Waals surface area (Å²) in [7, 11) is 1.56. The number of nitrogens with zero attached hydrogens (tertiary/aromatic N) is 2. The number of aliphatic imine (C=N–C) groups is 1. The summed E-state index contributed by atoms with van der Waals surface area (Å²) in [5, 5.41) is 10.2. The molecule has 0 bridgehead atoms. The SMILES string of the molecule is CCN1C(=O)C(=Cc2ccc(OCc3ccccc3Cl)c(OC)c2)SC1=Nc1ccc(C(=O)O)cc1. The van der Waals surface area contributed by atoms with Gasteiger partial charge < -0.3 is 14.6 Å². The number of thioether (sulfide) groups is 1. The second kappa shape index (κ2) is 11.3. The maximum Gasteiger partial charge on any atom is 0.335 e. The number of ether oxygens (including phenoxy) is 2. The molecular weight excluding hydrogens is 500 g/mol. The number of carbonyl (C=O) groups excluding carboxylic acids is 1. The Hall–Kier alpha value is -3.75. The van der Waals surface area contributed by atoms with Crippen LogP contribution >= 0.6 is 23.4 Å². The van der Waals surface area contributed by atoms with Crippen LogP contribution in [0.5, 0.6) is 11.5 Å². The van der Waals surface area contributed by atoms with E-state index >= 15 is 0 Å². The number of hydrogen-bond donors (Lipinski definition) is 1. The Labute approximate surface area is 218 Å². The number of hydrogen-bond acceptors (Lipinski definition) is 6. The molecule has 9 heteroatoms. The molecule has 1 saturated heterocycles. The number of carboxylic acid groups (broad SMARTS) is 1. The Balaban J connectivity index is 1.54. The Morgan fingerprint density at radius 1 is 1.11 bits per heavy atom. The third-order valence-corrected chi connectivity index (χ3v) is 6.75. The molecule has 1 aliphatic heterocycles. The van der Waals surface area contributed by atoms with Gasteiger partial charge in [0.25, 0.3) is 5.91 Å². The average molecular weight is 523 g/mol. The molecule has 36 heavy (non-hydrogen) atoms. The van der Waals surface area contributed by atoms with Gasteiger partial charge in [-0.15, -0.1) is 0 Å². The molecule has 0 radical (unpaired) electrons. The molecule has 7 nitrogen and oxygen atoms in total. The second-order valence-corrected chi connectivity index (χ2v) is 9.11. The van der Waals surface area contributed by atoms with Gasteiger partial charge in [-0.3, -0.25) is 9.69 Å². The van der Waals surface area contributed by atoms with E-state index in [9.17, 15) is 9.59 Å². The van der Waals surface area contributed by atoms with Crippen LogP contribution in [0.25, 0.3) is 6.08 Å². The van der Waals surface area contributed by atoms with Gasteiger partial charge in [-0.05, 0) is 72.8 Å². The number of methoxy groups -OCH3 is 1. The Bertz CT molecular complexity index is 1350. The fourth-order valence-electron chi connectivity index (χ4n) is 3.47. The number of rotatable bonds is 8. The summed E-state index contributed by atoms with van der Waals surface area (Å²) in [4.78, 5) is 30.7. The van der Waals surface area contributed by atoms with E-state index in [1.165, 1.54) is 23.9 Å². The normalized spacial score (nSPS) is 15.5. The zero-order valence-electron chi connectivity index (χ0n) is 19.6. The van der Waals surface area contributed by atoms with Gasteiger partial charge in [-0.25, -0.2) is 9.79 Å². The molecule has 0 unspecified atom stereocenters. The van der Waals surface area contributed by atoms with Crippen LogP contribution in [0.1, 0.15) is 28.4 Å². The summed E-state index contributed by atoms with van der Waals surface area (Å²) < 4.78 is 11.4. The lowest BCUT2D eigenvalue weighted by atomic mass is 10.1. The van der Waals surface area contributed by atoms with Gasteiger partial charge in [0, 0.05) is 17.1 Å². The highest BCUT2D eigenvalue weighted by molar-refractivity contribution is 8.18. The van der Waals surface area contributed by atoms with Gasteiger partial charge in [-0.2, -0.15) is 0 Å². The monoisotopic (exact) mass is 522 g/mol. The molecule has 4 rings (SSSR count). The van der Waals surface area contributed by atoms with Gasteiger partial charge in [0.05, 0.1) is 23.3 Å². The largest absolute Gasteiger partial charge is 0.493 e. The van der Waals surface area contributed by atoms with Crippen molar-refractivity contribution in [2.75, 3.05) is 13.7 Å². The summed E-state index contributed by atoms with van der Waals surface area (Å²) in [6.07, 6.45) is 1.78. The minimum atomic E-state index is -1.00. The van der Waals surface area contributed by atoms with Crippen molar-refractivity contribution in [3.63, 3.8) is 0 Å². The number of carboxylic acids is 1. The van der Waals surface area contributed by atoms with Crippen LogP contribution in [0, 0.1) is 0 Å². The molecule has 0 aliphatic carbocycles. The van der Waals surface area contributed by atoms with Crippen LogP contribution in [-0.4, -0.2) is 40.7 Å². The highest BCUT2D eigenvalue weighted by atomic mass is 35.5. The average Bonchev–Trinajstić information content (AvgIpc) is 3.17.